The molecule has 0 spiro atoms. The third kappa shape index (κ3) is 4.36. The van der Waals surface area contributed by atoms with E-state index in [1.54, 1.807) is 24.3 Å². The number of thiophene rings is 1. The monoisotopic (exact) mass is 450 g/mol. The van der Waals surface area contributed by atoms with E-state index in [0.29, 0.717) is 15.5 Å². The SMILES string of the molecule is CON(C)C(=O)c1sc(-c2ccc(Cl)cc2)c(C)c1-c1ccc(S(N)(=O)=O)cc1. The van der Waals surface area contributed by atoms with Gasteiger partial charge in [0.05, 0.1) is 12.0 Å². The van der Waals surface area contributed by atoms with Crippen LogP contribution in [-0.4, -0.2) is 33.5 Å². The molecule has 0 radical (unpaired) electrons. The highest BCUT2D eigenvalue weighted by molar-refractivity contribution is 7.89. The molecule has 9 heteroatoms. The van der Waals surface area contributed by atoms with Gasteiger partial charge in [-0.05, 0) is 47.9 Å². The number of hydroxylamine groups is 2. The molecule has 1 amide bonds. The minimum Gasteiger partial charge on any atom is -0.274 e. The van der Waals surface area contributed by atoms with Crippen molar-refractivity contribution in [2.45, 2.75) is 11.8 Å². The van der Waals surface area contributed by atoms with Crippen molar-refractivity contribution in [3.05, 3.63) is 64.0 Å². The maximum atomic E-state index is 12.9. The second-order valence-electron chi connectivity index (χ2n) is 6.32. The number of hydrogen-bond acceptors (Lipinski definition) is 5. The zero-order valence-electron chi connectivity index (χ0n) is 16.0. The van der Waals surface area contributed by atoms with Gasteiger partial charge in [-0.25, -0.2) is 18.6 Å². The van der Waals surface area contributed by atoms with Crippen molar-refractivity contribution in [3.8, 4) is 21.6 Å². The molecule has 29 heavy (non-hydrogen) atoms. The molecular weight excluding hydrogens is 432 g/mol. The molecule has 0 saturated heterocycles. The van der Waals surface area contributed by atoms with Gasteiger partial charge in [-0.15, -0.1) is 11.3 Å². The van der Waals surface area contributed by atoms with E-state index in [1.807, 2.05) is 19.1 Å². The topological polar surface area (TPSA) is 89.7 Å². The molecule has 0 aliphatic heterocycles. The molecule has 6 nitrogen and oxygen atoms in total. The van der Waals surface area contributed by atoms with E-state index in [1.165, 1.54) is 37.6 Å². The number of benzene rings is 2. The Morgan fingerprint density at radius 1 is 1.07 bits per heavy atom. The van der Waals surface area contributed by atoms with Crippen molar-refractivity contribution in [1.29, 1.82) is 0 Å². The molecule has 0 fully saturated rings. The summed E-state index contributed by atoms with van der Waals surface area (Å²) in [7, 11) is -0.852. The fourth-order valence-corrected chi connectivity index (χ4v) is 4.87. The summed E-state index contributed by atoms with van der Waals surface area (Å²) in [6.07, 6.45) is 0. The van der Waals surface area contributed by atoms with Gasteiger partial charge in [0.2, 0.25) is 10.0 Å². The van der Waals surface area contributed by atoms with Gasteiger partial charge in [0.15, 0.2) is 0 Å². The molecule has 1 heterocycles. The molecule has 3 aromatic rings. The van der Waals surface area contributed by atoms with E-state index in [4.69, 9.17) is 21.6 Å². The van der Waals surface area contributed by atoms with Crippen LogP contribution in [0.3, 0.4) is 0 Å². The Labute approximate surface area is 178 Å². The second kappa shape index (κ2) is 8.25. The van der Waals surface area contributed by atoms with Crippen LogP contribution in [0.15, 0.2) is 53.4 Å². The number of sulfonamides is 1. The lowest BCUT2D eigenvalue weighted by Crippen LogP contribution is -2.25. The number of hydrogen-bond donors (Lipinski definition) is 1. The average Bonchev–Trinajstić information content (AvgIpc) is 3.04. The van der Waals surface area contributed by atoms with Gasteiger partial charge in [-0.1, -0.05) is 35.9 Å². The standard InChI is InChI=1S/C20H19ClN2O4S2/c1-12-17(13-6-10-16(11-7-13)29(22,25)26)19(20(24)23(2)27-3)28-18(12)14-4-8-15(21)9-5-14/h4-11H,1-3H3,(H2,22,25,26). The van der Waals surface area contributed by atoms with Crippen LogP contribution in [0, 0.1) is 6.92 Å². The first kappa shape index (κ1) is 21.5. The van der Waals surface area contributed by atoms with Crippen molar-refractivity contribution >= 4 is 38.9 Å². The van der Waals surface area contributed by atoms with Gasteiger partial charge in [-0.3, -0.25) is 9.63 Å². The van der Waals surface area contributed by atoms with Gasteiger partial charge in [0.25, 0.3) is 5.91 Å². The minimum atomic E-state index is -3.80. The lowest BCUT2D eigenvalue weighted by molar-refractivity contribution is -0.0753. The number of nitrogens with two attached hydrogens (primary N) is 1. The van der Waals surface area contributed by atoms with E-state index in [9.17, 15) is 13.2 Å². The number of primary sulfonamides is 1. The molecule has 0 aliphatic rings. The molecule has 0 aliphatic carbocycles. The third-order valence-corrected chi connectivity index (χ3v) is 6.99. The van der Waals surface area contributed by atoms with E-state index in [0.717, 1.165) is 26.6 Å². The lowest BCUT2D eigenvalue weighted by Gasteiger charge is -2.14. The van der Waals surface area contributed by atoms with Crippen LogP contribution >= 0.6 is 22.9 Å². The average molecular weight is 451 g/mol. The molecule has 0 unspecified atom stereocenters. The van der Waals surface area contributed by atoms with Crippen LogP contribution in [0.25, 0.3) is 21.6 Å². The van der Waals surface area contributed by atoms with Gasteiger partial charge in [0.1, 0.15) is 4.88 Å². The number of amides is 1. The smallest absolute Gasteiger partial charge is 0.274 e. The Kier molecular flexibility index (Phi) is 6.11. The predicted molar refractivity (Wildman–Crippen MR) is 115 cm³/mol. The van der Waals surface area contributed by atoms with E-state index < -0.39 is 10.0 Å². The summed E-state index contributed by atoms with van der Waals surface area (Å²) >= 11 is 7.34. The first-order valence-corrected chi connectivity index (χ1v) is 11.2. The van der Waals surface area contributed by atoms with Crippen LogP contribution in [0.5, 0.6) is 0 Å². The van der Waals surface area contributed by atoms with Crippen molar-refractivity contribution in [2.24, 2.45) is 5.14 Å². The van der Waals surface area contributed by atoms with Crippen LogP contribution in [0.2, 0.25) is 5.02 Å². The van der Waals surface area contributed by atoms with E-state index in [-0.39, 0.29) is 10.8 Å². The summed E-state index contributed by atoms with van der Waals surface area (Å²) in [4.78, 5) is 19.4. The van der Waals surface area contributed by atoms with Crippen LogP contribution in [0.1, 0.15) is 15.2 Å². The molecule has 0 saturated carbocycles. The molecular formula is C20H19ClN2O4S2. The molecule has 2 N–H and O–H groups in total. The predicted octanol–water partition coefficient (Wildman–Crippen LogP) is 4.32. The quantitative estimate of drug-likeness (QED) is 0.586. The van der Waals surface area contributed by atoms with Crippen molar-refractivity contribution < 1.29 is 18.0 Å². The summed E-state index contributed by atoms with van der Waals surface area (Å²) in [5, 5.41) is 6.96. The Balaban J connectivity index is 2.21. The Morgan fingerprint density at radius 3 is 2.14 bits per heavy atom. The third-order valence-electron chi connectivity index (χ3n) is 4.48. The summed E-state index contributed by atoms with van der Waals surface area (Å²) in [5.74, 6) is -0.300. The zero-order chi connectivity index (χ0) is 21.3. The Hall–Kier alpha value is -2.23. The highest BCUT2D eigenvalue weighted by Gasteiger charge is 2.25. The molecule has 3 rings (SSSR count). The first-order valence-electron chi connectivity index (χ1n) is 8.48. The largest absolute Gasteiger partial charge is 0.287 e. The minimum absolute atomic E-state index is 0.00828. The summed E-state index contributed by atoms with van der Waals surface area (Å²) in [6, 6.07) is 13.5. The fraction of sp³-hybridized carbons (Fsp3) is 0.150. The van der Waals surface area contributed by atoms with Gasteiger partial charge >= 0.3 is 0 Å². The van der Waals surface area contributed by atoms with Gasteiger partial charge in [0, 0.05) is 22.5 Å². The summed E-state index contributed by atoms with van der Waals surface area (Å²) < 4.78 is 23.1. The molecule has 0 bridgehead atoms. The van der Waals surface area contributed by atoms with E-state index in [2.05, 4.69) is 0 Å². The molecule has 0 atom stereocenters. The van der Waals surface area contributed by atoms with Crippen LogP contribution in [0.4, 0.5) is 0 Å². The molecule has 2 aromatic carbocycles. The number of rotatable bonds is 5. The van der Waals surface area contributed by atoms with Crippen LogP contribution in [-0.2, 0) is 14.9 Å². The van der Waals surface area contributed by atoms with Gasteiger partial charge in [-0.2, -0.15) is 0 Å². The fourth-order valence-electron chi connectivity index (χ4n) is 2.93. The Morgan fingerprint density at radius 2 is 1.62 bits per heavy atom. The normalized spacial score (nSPS) is 11.5. The zero-order valence-corrected chi connectivity index (χ0v) is 18.4. The summed E-state index contributed by atoms with van der Waals surface area (Å²) in [5.41, 5.74) is 3.25. The molecule has 152 valence electrons. The summed E-state index contributed by atoms with van der Waals surface area (Å²) in [6.45, 7) is 1.92. The number of carbonyl (C=O) groups is 1. The highest BCUT2D eigenvalue weighted by atomic mass is 35.5. The van der Waals surface area contributed by atoms with Crippen LogP contribution < -0.4 is 5.14 Å². The molecule has 1 aromatic heterocycles. The van der Waals surface area contributed by atoms with Crippen molar-refractivity contribution in [1.82, 2.24) is 5.06 Å². The van der Waals surface area contributed by atoms with Crippen molar-refractivity contribution in [2.75, 3.05) is 14.2 Å². The maximum absolute atomic E-state index is 12.9. The highest BCUT2D eigenvalue weighted by Crippen LogP contribution is 2.42. The second-order valence-corrected chi connectivity index (χ2v) is 9.34. The lowest BCUT2D eigenvalue weighted by atomic mass is 9.99. The maximum Gasteiger partial charge on any atom is 0.287 e. The number of nitrogens with zero attached hydrogens (tertiary/aromatic N) is 1. The number of halogens is 1. The van der Waals surface area contributed by atoms with Crippen molar-refractivity contribution in [3.63, 3.8) is 0 Å². The van der Waals surface area contributed by atoms with Gasteiger partial charge < -0.3 is 0 Å². The van der Waals surface area contributed by atoms with E-state index >= 15 is 0 Å². The first-order chi connectivity index (χ1) is 13.6. The Bertz CT molecular complexity index is 1150. The number of carbonyl (C=O) groups excluding carboxylic acids is 1.